The van der Waals surface area contributed by atoms with Gasteiger partial charge in [0.15, 0.2) is 0 Å². The van der Waals surface area contributed by atoms with Gasteiger partial charge in [-0.3, -0.25) is 4.79 Å². The lowest BCUT2D eigenvalue weighted by Gasteiger charge is -2.33. The van der Waals surface area contributed by atoms with E-state index in [1.165, 1.54) is 0 Å². The van der Waals surface area contributed by atoms with Gasteiger partial charge < -0.3 is 21.3 Å². The predicted molar refractivity (Wildman–Crippen MR) is 106 cm³/mol. The number of nitrogens with zero attached hydrogens (tertiary/aromatic N) is 2. The van der Waals surface area contributed by atoms with Gasteiger partial charge in [-0.15, -0.1) is 0 Å². The quantitative estimate of drug-likeness (QED) is 0.756. The molecule has 142 valence electrons. The van der Waals surface area contributed by atoms with Crippen molar-refractivity contribution in [1.29, 1.82) is 0 Å². The van der Waals surface area contributed by atoms with E-state index in [0.717, 1.165) is 43.0 Å². The van der Waals surface area contributed by atoms with E-state index in [2.05, 4.69) is 20.5 Å². The second kappa shape index (κ2) is 8.53. The zero-order valence-corrected chi connectivity index (χ0v) is 15.4. The Kier molecular flexibility index (Phi) is 5.90. The number of nitrogens with two attached hydrogens (primary N) is 1. The number of rotatable bonds is 5. The van der Waals surface area contributed by atoms with Crippen molar-refractivity contribution in [3.8, 4) is 0 Å². The number of benzene rings is 1. The molecule has 1 atom stereocenters. The summed E-state index contributed by atoms with van der Waals surface area (Å²) in [5, 5.41) is 5.79. The fourth-order valence-corrected chi connectivity index (χ4v) is 3.23. The molecular formula is C20H25N5O2. The van der Waals surface area contributed by atoms with Crippen LogP contribution in [0, 0.1) is 12.8 Å². The number of urea groups is 1. The van der Waals surface area contributed by atoms with Gasteiger partial charge in [-0.1, -0.05) is 17.7 Å². The number of carbonyl (C=O) groups excluding carboxylic acids is 2. The Morgan fingerprint density at radius 2 is 2.04 bits per heavy atom. The monoisotopic (exact) mass is 367 g/mol. The van der Waals surface area contributed by atoms with Crippen molar-refractivity contribution in [1.82, 2.24) is 10.3 Å². The molecule has 0 unspecified atom stereocenters. The minimum atomic E-state index is -0.457. The zero-order chi connectivity index (χ0) is 19.2. The maximum Gasteiger partial charge on any atom is 0.319 e. The molecule has 27 heavy (non-hydrogen) atoms. The Hall–Kier alpha value is -3.09. The zero-order valence-electron chi connectivity index (χ0n) is 15.4. The lowest BCUT2D eigenvalue weighted by Crippen LogP contribution is -2.42. The van der Waals surface area contributed by atoms with E-state index < -0.39 is 5.91 Å². The molecule has 1 aliphatic heterocycles. The highest BCUT2D eigenvalue weighted by Crippen LogP contribution is 2.22. The number of hydrogen-bond donors (Lipinski definition) is 3. The fourth-order valence-electron chi connectivity index (χ4n) is 3.23. The van der Waals surface area contributed by atoms with Gasteiger partial charge in [0.2, 0.25) is 5.91 Å². The smallest absolute Gasteiger partial charge is 0.319 e. The third-order valence-electron chi connectivity index (χ3n) is 4.73. The van der Waals surface area contributed by atoms with Crippen LogP contribution in [-0.2, 0) is 0 Å². The number of piperidine rings is 1. The van der Waals surface area contributed by atoms with Gasteiger partial charge in [0.1, 0.15) is 5.82 Å². The summed E-state index contributed by atoms with van der Waals surface area (Å²) < 4.78 is 0. The van der Waals surface area contributed by atoms with Crippen molar-refractivity contribution in [3.63, 3.8) is 0 Å². The molecule has 4 N–H and O–H groups in total. The van der Waals surface area contributed by atoms with Gasteiger partial charge in [0.05, 0.1) is 0 Å². The molecule has 0 saturated carbocycles. The van der Waals surface area contributed by atoms with Gasteiger partial charge in [0, 0.05) is 37.1 Å². The minimum absolute atomic E-state index is 0.204. The van der Waals surface area contributed by atoms with E-state index in [9.17, 15) is 9.59 Å². The number of hydrogen-bond acceptors (Lipinski definition) is 4. The molecule has 0 bridgehead atoms. The molecule has 0 radical (unpaired) electrons. The number of primary amides is 1. The standard InChI is InChI=1S/C20H25N5O2/c1-14-4-6-17(7-5-14)24-20(27)23-12-15-3-2-10-25(13-15)18-11-16(19(21)26)8-9-22-18/h4-9,11,15H,2-3,10,12-13H2,1H3,(H2,21,26)(H2,23,24,27)/t15-/m1/s1. The van der Waals surface area contributed by atoms with Crippen molar-refractivity contribution in [3.05, 3.63) is 53.7 Å². The molecule has 1 aromatic carbocycles. The molecule has 1 aromatic heterocycles. The van der Waals surface area contributed by atoms with Gasteiger partial charge in [0.25, 0.3) is 0 Å². The molecule has 2 aromatic rings. The van der Waals surface area contributed by atoms with E-state index in [1.807, 2.05) is 31.2 Å². The van der Waals surface area contributed by atoms with E-state index >= 15 is 0 Å². The van der Waals surface area contributed by atoms with Crippen molar-refractivity contribution in [2.45, 2.75) is 19.8 Å². The molecule has 7 heteroatoms. The minimum Gasteiger partial charge on any atom is -0.366 e. The summed E-state index contributed by atoms with van der Waals surface area (Å²) in [7, 11) is 0. The molecular weight excluding hydrogens is 342 g/mol. The summed E-state index contributed by atoms with van der Waals surface area (Å²) in [5.41, 5.74) is 7.73. The third kappa shape index (κ3) is 5.20. The molecule has 3 amide bonds. The second-order valence-corrected chi connectivity index (χ2v) is 6.92. The highest BCUT2D eigenvalue weighted by molar-refractivity contribution is 5.93. The Labute approximate surface area is 159 Å². The van der Waals surface area contributed by atoms with E-state index in [1.54, 1.807) is 18.3 Å². The maximum atomic E-state index is 12.1. The summed E-state index contributed by atoms with van der Waals surface area (Å²) in [6.45, 7) is 4.25. The molecule has 2 heterocycles. The first-order chi connectivity index (χ1) is 13.0. The first-order valence-corrected chi connectivity index (χ1v) is 9.13. The lowest BCUT2D eigenvalue weighted by molar-refractivity contribution is 0.1000. The van der Waals surface area contributed by atoms with Crippen molar-refractivity contribution in [2.24, 2.45) is 11.7 Å². The number of anilines is 2. The Balaban J connectivity index is 1.52. The highest BCUT2D eigenvalue weighted by atomic mass is 16.2. The normalized spacial score (nSPS) is 16.6. The first-order valence-electron chi connectivity index (χ1n) is 9.13. The first kappa shape index (κ1) is 18.7. The van der Waals surface area contributed by atoms with Crippen molar-refractivity contribution >= 4 is 23.4 Å². The molecule has 0 aliphatic carbocycles. The average Bonchev–Trinajstić information content (AvgIpc) is 2.68. The Morgan fingerprint density at radius 3 is 2.78 bits per heavy atom. The van der Waals surface area contributed by atoms with Crippen LogP contribution in [0.4, 0.5) is 16.3 Å². The second-order valence-electron chi connectivity index (χ2n) is 6.92. The molecule has 1 saturated heterocycles. The Morgan fingerprint density at radius 1 is 1.26 bits per heavy atom. The van der Waals surface area contributed by atoms with Crippen LogP contribution in [0.5, 0.6) is 0 Å². The summed E-state index contributed by atoms with van der Waals surface area (Å²) in [5.74, 6) is 0.614. The van der Waals surface area contributed by atoms with Crippen molar-refractivity contribution < 1.29 is 9.59 Å². The summed E-state index contributed by atoms with van der Waals surface area (Å²) in [6, 6.07) is 10.8. The molecule has 1 fully saturated rings. The van der Waals surface area contributed by atoms with Crippen LogP contribution in [0.3, 0.4) is 0 Å². The van der Waals surface area contributed by atoms with Crippen LogP contribution < -0.4 is 21.3 Å². The maximum absolute atomic E-state index is 12.1. The third-order valence-corrected chi connectivity index (χ3v) is 4.73. The van der Waals surface area contributed by atoms with Crippen LogP contribution in [0.2, 0.25) is 0 Å². The van der Waals surface area contributed by atoms with Crippen LogP contribution in [-0.4, -0.2) is 36.6 Å². The SMILES string of the molecule is Cc1ccc(NC(=O)NC[C@H]2CCCN(c3cc(C(N)=O)ccn3)C2)cc1. The van der Waals surface area contributed by atoms with E-state index in [4.69, 9.17) is 5.73 Å². The van der Waals surface area contributed by atoms with E-state index in [0.29, 0.717) is 18.0 Å². The van der Waals surface area contributed by atoms with Gasteiger partial charge >= 0.3 is 6.03 Å². The number of aryl methyl sites for hydroxylation is 1. The topological polar surface area (TPSA) is 100 Å². The summed E-state index contributed by atoms with van der Waals surface area (Å²) in [6.07, 6.45) is 3.65. The molecule has 3 rings (SSSR count). The highest BCUT2D eigenvalue weighted by Gasteiger charge is 2.22. The largest absolute Gasteiger partial charge is 0.366 e. The fraction of sp³-hybridized carbons (Fsp3) is 0.350. The van der Waals surface area contributed by atoms with Crippen LogP contribution in [0.25, 0.3) is 0 Å². The molecule has 0 spiro atoms. The van der Waals surface area contributed by atoms with Crippen LogP contribution in [0.1, 0.15) is 28.8 Å². The average molecular weight is 367 g/mol. The summed E-state index contributed by atoms with van der Waals surface area (Å²) in [4.78, 5) is 30.0. The van der Waals surface area contributed by atoms with Gasteiger partial charge in [-0.25, -0.2) is 9.78 Å². The van der Waals surface area contributed by atoms with Gasteiger partial charge in [-0.05, 0) is 49.9 Å². The molecule has 1 aliphatic rings. The lowest BCUT2D eigenvalue weighted by atomic mass is 9.98. The van der Waals surface area contributed by atoms with Gasteiger partial charge in [-0.2, -0.15) is 0 Å². The molecule has 7 nitrogen and oxygen atoms in total. The van der Waals surface area contributed by atoms with Crippen molar-refractivity contribution in [2.75, 3.05) is 29.9 Å². The predicted octanol–water partition coefficient (Wildman–Crippen LogP) is 2.53. The van der Waals surface area contributed by atoms with Crippen LogP contribution >= 0.6 is 0 Å². The number of amides is 3. The Bertz CT molecular complexity index is 806. The number of carbonyl (C=O) groups is 2. The number of nitrogens with one attached hydrogen (secondary N) is 2. The van der Waals surface area contributed by atoms with E-state index in [-0.39, 0.29) is 6.03 Å². The van der Waals surface area contributed by atoms with Crippen LogP contribution in [0.15, 0.2) is 42.6 Å². The summed E-state index contributed by atoms with van der Waals surface area (Å²) >= 11 is 0. The number of aromatic nitrogens is 1. The number of pyridine rings is 1.